The summed E-state index contributed by atoms with van der Waals surface area (Å²) >= 11 is 3.38. The first-order valence-electron chi connectivity index (χ1n) is 9.39. The lowest BCUT2D eigenvalue weighted by Gasteiger charge is -2.16. The first-order chi connectivity index (χ1) is 14.8. The monoisotopic (exact) mass is 493 g/mol. The van der Waals surface area contributed by atoms with Crippen LogP contribution in [0.3, 0.4) is 0 Å². The first-order valence-corrected chi connectivity index (χ1v) is 10.2. The van der Waals surface area contributed by atoms with Crippen LogP contribution in [0.1, 0.15) is 28.4 Å². The van der Waals surface area contributed by atoms with Crippen LogP contribution >= 0.6 is 15.9 Å². The van der Waals surface area contributed by atoms with Gasteiger partial charge in [0, 0.05) is 11.3 Å². The maximum atomic E-state index is 12.9. The van der Waals surface area contributed by atoms with Gasteiger partial charge in [-0.05, 0) is 58.7 Å². The van der Waals surface area contributed by atoms with Gasteiger partial charge in [-0.1, -0.05) is 36.4 Å². The van der Waals surface area contributed by atoms with Crippen LogP contribution in [0.15, 0.2) is 71.2 Å². The zero-order valence-corrected chi connectivity index (χ0v) is 18.1. The van der Waals surface area contributed by atoms with Gasteiger partial charge in [-0.2, -0.15) is 13.2 Å². The molecule has 31 heavy (non-hydrogen) atoms. The highest BCUT2D eigenvalue weighted by molar-refractivity contribution is 9.10. The van der Waals surface area contributed by atoms with Gasteiger partial charge in [0.1, 0.15) is 6.61 Å². The Bertz CT molecular complexity index is 1060. The van der Waals surface area contributed by atoms with Gasteiger partial charge >= 0.3 is 6.18 Å². The van der Waals surface area contributed by atoms with E-state index in [4.69, 9.17) is 9.47 Å². The number of ether oxygens (including phenoxy) is 2. The van der Waals surface area contributed by atoms with Crippen LogP contribution in [0.5, 0.6) is 11.5 Å². The predicted molar refractivity (Wildman–Crippen MR) is 115 cm³/mol. The molecule has 0 fully saturated rings. The molecule has 1 N–H and O–H groups in total. The van der Waals surface area contributed by atoms with E-state index in [1.54, 1.807) is 0 Å². The summed E-state index contributed by atoms with van der Waals surface area (Å²) in [5.41, 5.74) is 0.331. The van der Waals surface area contributed by atoms with Crippen LogP contribution in [0.4, 0.5) is 18.9 Å². The third kappa shape index (κ3) is 6.01. The van der Waals surface area contributed by atoms with Crippen molar-refractivity contribution in [3.05, 3.63) is 87.9 Å². The van der Waals surface area contributed by atoms with E-state index in [0.717, 1.165) is 17.7 Å². The summed E-state index contributed by atoms with van der Waals surface area (Å²) in [6.07, 6.45) is -4.50. The number of benzene rings is 3. The van der Waals surface area contributed by atoms with Crippen LogP contribution in [-0.4, -0.2) is 12.5 Å². The van der Waals surface area contributed by atoms with Crippen LogP contribution in [0.25, 0.3) is 0 Å². The van der Waals surface area contributed by atoms with Gasteiger partial charge in [0.15, 0.2) is 11.5 Å². The lowest BCUT2D eigenvalue weighted by molar-refractivity contribution is -0.137. The molecule has 0 aromatic heterocycles. The van der Waals surface area contributed by atoms with E-state index in [0.29, 0.717) is 22.6 Å². The Morgan fingerprint density at radius 1 is 1.00 bits per heavy atom. The van der Waals surface area contributed by atoms with Crippen molar-refractivity contribution in [2.24, 2.45) is 0 Å². The van der Waals surface area contributed by atoms with Crippen molar-refractivity contribution >= 4 is 27.5 Å². The molecule has 162 valence electrons. The average molecular weight is 494 g/mol. The number of carbonyl (C=O) groups is 1. The van der Waals surface area contributed by atoms with Gasteiger partial charge in [0.25, 0.3) is 5.91 Å². The molecule has 0 saturated heterocycles. The zero-order valence-electron chi connectivity index (χ0n) is 16.5. The lowest BCUT2D eigenvalue weighted by atomic mass is 10.1. The molecule has 3 aromatic carbocycles. The van der Waals surface area contributed by atoms with E-state index in [1.165, 1.54) is 24.3 Å². The lowest BCUT2D eigenvalue weighted by Crippen LogP contribution is -2.14. The maximum Gasteiger partial charge on any atom is 0.416 e. The standard InChI is InChI=1S/C23H19BrF3NO3/c1-2-30-21-19(24)11-16(12-20(21)31-14-15-7-4-3-5-8-15)22(29)28-18-10-6-9-17(13-18)23(25,26)27/h3-13H,2,14H2,1H3,(H,28,29). The van der Waals surface area contributed by atoms with Crippen LogP contribution in [0, 0.1) is 0 Å². The average Bonchev–Trinajstić information content (AvgIpc) is 2.74. The predicted octanol–water partition coefficient (Wildman–Crippen LogP) is 6.70. The fourth-order valence-electron chi connectivity index (χ4n) is 2.80. The Balaban J connectivity index is 1.85. The molecule has 0 saturated carbocycles. The third-order valence-corrected chi connectivity index (χ3v) is 4.83. The maximum absolute atomic E-state index is 12.9. The fraction of sp³-hybridized carbons (Fsp3) is 0.174. The minimum absolute atomic E-state index is 0.0385. The van der Waals surface area contributed by atoms with Crippen LogP contribution in [-0.2, 0) is 12.8 Å². The number of anilines is 1. The van der Waals surface area contributed by atoms with Crippen molar-refractivity contribution in [2.45, 2.75) is 19.7 Å². The van der Waals surface area contributed by atoms with Gasteiger partial charge < -0.3 is 14.8 Å². The molecule has 0 aliphatic carbocycles. The number of rotatable bonds is 7. The van der Waals surface area contributed by atoms with Crippen molar-refractivity contribution in [1.82, 2.24) is 0 Å². The van der Waals surface area contributed by atoms with E-state index in [9.17, 15) is 18.0 Å². The SMILES string of the molecule is CCOc1c(Br)cc(C(=O)Nc2cccc(C(F)(F)F)c2)cc1OCc1ccccc1. The van der Waals surface area contributed by atoms with E-state index in [-0.39, 0.29) is 17.9 Å². The van der Waals surface area contributed by atoms with Crippen LogP contribution in [0.2, 0.25) is 0 Å². The molecule has 1 amide bonds. The highest BCUT2D eigenvalue weighted by atomic mass is 79.9. The molecule has 0 radical (unpaired) electrons. The van der Waals surface area contributed by atoms with Gasteiger partial charge in [-0.15, -0.1) is 0 Å². The van der Waals surface area contributed by atoms with E-state index in [1.807, 2.05) is 37.3 Å². The number of halogens is 4. The molecule has 0 atom stereocenters. The van der Waals surface area contributed by atoms with E-state index >= 15 is 0 Å². The molecule has 3 aromatic rings. The van der Waals surface area contributed by atoms with Gasteiger partial charge in [0.2, 0.25) is 0 Å². The summed E-state index contributed by atoms with van der Waals surface area (Å²) in [5.74, 6) is 0.205. The summed E-state index contributed by atoms with van der Waals surface area (Å²) in [5, 5.41) is 2.49. The van der Waals surface area contributed by atoms with Gasteiger partial charge in [-0.3, -0.25) is 4.79 Å². The van der Waals surface area contributed by atoms with Crippen LogP contribution < -0.4 is 14.8 Å². The summed E-state index contributed by atoms with van der Waals surface area (Å²) < 4.78 is 50.8. The van der Waals surface area contributed by atoms with Gasteiger partial charge in [-0.25, -0.2) is 0 Å². The third-order valence-electron chi connectivity index (χ3n) is 4.25. The fourth-order valence-corrected chi connectivity index (χ4v) is 3.36. The Hall–Kier alpha value is -3.00. The Morgan fingerprint density at radius 2 is 1.74 bits per heavy atom. The molecule has 0 spiro atoms. The Labute approximate surface area is 186 Å². The molecule has 8 heteroatoms. The number of carbonyl (C=O) groups excluding carboxylic acids is 1. The van der Waals surface area contributed by atoms with E-state index in [2.05, 4.69) is 21.2 Å². The van der Waals surface area contributed by atoms with Crippen molar-refractivity contribution in [2.75, 3.05) is 11.9 Å². The molecule has 0 bridgehead atoms. The molecule has 3 rings (SSSR count). The minimum Gasteiger partial charge on any atom is -0.489 e. The summed E-state index contributed by atoms with van der Waals surface area (Å²) in [6, 6.07) is 17.0. The second-order valence-corrected chi connectivity index (χ2v) is 7.38. The quantitative estimate of drug-likeness (QED) is 0.398. The van der Waals surface area contributed by atoms with Gasteiger partial charge in [0.05, 0.1) is 16.6 Å². The number of hydrogen-bond acceptors (Lipinski definition) is 3. The summed E-state index contributed by atoms with van der Waals surface area (Å²) in [7, 11) is 0. The van der Waals surface area contributed by atoms with Crippen molar-refractivity contribution in [1.29, 1.82) is 0 Å². The molecule has 0 heterocycles. The van der Waals surface area contributed by atoms with E-state index < -0.39 is 17.6 Å². The topological polar surface area (TPSA) is 47.6 Å². The molecule has 0 aliphatic heterocycles. The minimum atomic E-state index is -4.50. The Morgan fingerprint density at radius 3 is 2.42 bits per heavy atom. The molecular formula is C23H19BrF3NO3. The number of hydrogen-bond donors (Lipinski definition) is 1. The summed E-state index contributed by atoms with van der Waals surface area (Å²) in [6.45, 7) is 2.46. The molecule has 0 aliphatic rings. The second-order valence-electron chi connectivity index (χ2n) is 6.53. The summed E-state index contributed by atoms with van der Waals surface area (Å²) in [4.78, 5) is 12.7. The first kappa shape index (κ1) is 22.7. The number of alkyl halides is 3. The van der Waals surface area contributed by atoms with Crippen molar-refractivity contribution < 1.29 is 27.4 Å². The largest absolute Gasteiger partial charge is 0.489 e. The van der Waals surface area contributed by atoms with Crippen molar-refractivity contribution in [3.63, 3.8) is 0 Å². The molecular weight excluding hydrogens is 475 g/mol. The normalized spacial score (nSPS) is 11.1. The highest BCUT2D eigenvalue weighted by Gasteiger charge is 2.30. The molecule has 4 nitrogen and oxygen atoms in total. The Kier molecular flexibility index (Phi) is 7.22. The molecule has 0 unspecified atom stereocenters. The zero-order chi connectivity index (χ0) is 22.4. The second kappa shape index (κ2) is 9.87. The smallest absolute Gasteiger partial charge is 0.416 e. The number of nitrogens with one attached hydrogen (secondary N) is 1. The van der Waals surface area contributed by atoms with Crippen molar-refractivity contribution in [3.8, 4) is 11.5 Å². The highest BCUT2D eigenvalue weighted by Crippen LogP contribution is 2.38. The number of amides is 1.